The first-order valence-corrected chi connectivity index (χ1v) is 5.21. The third kappa shape index (κ3) is 2.54. The van der Waals surface area contributed by atoms with Gasteiger partial charge >= 0.3 is 0 Å². The van der Waals surface area contributed by atoms with Crippen molar-refractivity contribution in [2.75, 3.05) is 5.75 Å². The van der Waals surface area contributed by atoms with Crippen molar-refractivity contribution in [2.45, 2.75) is 24.8 Å². The summed E-state index contributed by atoms with van der Waals surface area (Å²) in [7, 11) is 0. The molecular formula is C10H15NS. The summed E-state index contributed by atoms with van der Waals surface area (Å²) >= 11 is 1.85. The Balaban J connectivity index is 2.71. The fourth-order valence-corrected chi connectivity index (χ4v) is 1.70. The van der Waals surface area contributed by atoms with Crippen molar-refractivity contribution in [1.29, 1.82) is 0 Å². The second-order valence-electron chi connectivity index (χ2n) is 2.79. The summed E-state index contributed by atoms with van der Waals surface area (Å²) in [5.41, 5.74) is 6.94. The lowest BCUT2D eigenvalue weighted by Crippen LogP contribution is -2.04. The third-order valence-electron chi connectivity index (χ3n) is 1.72. The van der Waals surface area contributed by atoms with Crippen LogP contribution in [0.25, 0.3) is 0 Å². The molecule has 0 saturated carbocycles. The molecule has 1 aromatic carbocycles. The smallest absolute Gasteiger partial charge is 0.0266 e. The number of rotatable bonds is 3. The van der Waals surface area contributed by atoms with Gasteiger partial charge in [-0.05, 0) is 30.4 Å². The Hall–Kier alpha value is -0.470. The molecule has 0 bridgehead atoms. The van der Waals surface area contributed by atoms with Crippen molar-refractivity contribution in [1.82, 2.24) is 0 Å². The van der Waals surface area contributed by atoms with Crippen LogP contribution >= 0.6 is 11.8 Å². The van der Waals surface area contributed by atoms with E-state index < -0.39 is 0 Å². The standard InChI is InChI=1S/C10H15NS/c1-3-12-10-6-4-9(5-7-10)8(2)11/h4-8H,3,11H2,1-2H3. The van der Waals surface area contributed by atoms with Gasteiger partial charge in [0.05, 0.1) is 0 Å². The molecule has 1 rings (SSSR count). The Bertz CT molecular complexity index is 228. The molecule has 0 aromatic heterocycles. The van der Waals surface area contributed by atoms with E-state index >= 15 is 0 Å². The molecule has 1 nitrogen and oxygen atoms in total. The summed E-state index contributed by atoms with van der Waals surface area (Å²) in [6, 6.07) is 8.61. The SMILES string of the molecule is CCSc1ccc(C(C)N)cc1. The Morgan fingerprint density at radius 3 is 2.33 bits per heavy atom. The summed E-state index contributed by atoms with van der Waals surface area (Å²) in [5, 5.41) is 0. The minimum Gasteiger partial charge on any atom is -0.324 e. The van der Waals surface area contributed by atoms with Crippen LogP contribution in [0.2, 0.25) is 0 Å². The Kier molecular flexibility index (Phi) is 3.63. The van der Waals surface area contributed by atoms with Gasteiger partial charge in [-0.1, -0.05) is 19.1 Å². The summed E-state index contributed by atoms with van der Waals surface area (Å²) in [6.45, 7) is 4.16. The number of hydrogen-bond donors (Lipinski definition) is 1. The number of nitrogens with two attached hydrogens (primary N) is 1. The van der Waals surface area contributed by atoms with Crippen LogP contribution in [-0.2, 0) is 0 Å². The van der Waals surface area contributed by atoms with Crippen molar-refractivity contribution in [2.24, 2.45) is 5.73 Å². The van der Waals surface area contributed by atoms with Gasteiger partial charge in [-0.15, -0.1) is 11.8 Å². The van der Waals surface area contributed by atoms with Crippen LogP contribution < -0.4 is 5.73 Å². The Labute approximate surface area is 78.4 Å². The van der Waals surface area contributed by atoms with E-state index in [0.717, 1.165) is 5.75 Å². The van der Waals surface area contributed by atoms with Crippen molar-refractivity contribution in [3.8, 4) is 0 Å². The molecule has 0 fully saturated rings. The van der Waals surface area contributed by atoms with Crippen molar-refractivity contribution < 1.29 is 0 Å². The Morgan fingerprint density at radius 2 is 1.92 bits per heavy atom. The molecule has 0 aliphatic rings. The van der Waals surface area contributed by atoms with E-state index in [0.29, 0.717) is 0 Å². The van der Waals surface area contributed by atoms with E-state index in [1.807, 2.05) is 18.7 Å². The van der Waals surface area contributed by atoms with E-state index in [1.165, 1.54) is 10.5 Å². The molecule has 0 amide bonds. The normalized spacial score (nSPS) is 12.9. The average Bonchev–Trinajstić information content (AvgIpc) is 2.06. The van der Waals surface area contributed by atoms with Gasteiger partial charge < -0.3 is 5.73 Å². The van der Waals surface area contributed by atoms with Gasteiger partial charge in [-0.25, -0.2) is 0 Å². The molecule has 0 aliphatic carbocycles. The minimum absolute atomic E-state index is 0.144. The fraction of sp³-hybridized carbons (Fsp3) is 0.400. The molecule has 0 radical (unpaired) electrons. The molecule has 0 aliphatic heterocycles. The van der Waals surface area contributed by atoms with Crippen LogP contribution in [0.1, 0.15) is 25.5 Å². The zero-order valence-electron chi connectivity index (χ0n) is 7.58. The summed E-state index contributed by atoms with van der Waals surface area (Å²) in [6.07, 6.45) is 0. The van der Waals surface area contributed by atoms with Crippen LogP contribution in [0, 0.1) is 0 Å². The summed E-state index contributed by atoms with van der Waals surface area (Å²) in [4.78, 5) is 1.32. The van der Waals surface area contributed by atoms with Gasteiger partial charge in [0.15, 0.2) is 0 Å². The lowest BCUT2D eigenvalue weighted by molar-refractivity contribution is 0.817. The van der Waals surface area contributed by atoms with E-state index in [9.17, 15) is 0 Å². The van der Waals surface area contributed by atoms with E-state index in [2.05, 4.69) is 31.2 Å². The average molecular weight is 181 g/mol. The molecule has 2 heteroatoms. The van der Waals surface area contributed by atoms with Crippen LogP contribution in [0.5, 0.6) is 0 Å². The molecule has 0 heterocycles. The van der Waals surface area contributed by atoms with Crippen molar-refractivity contribution >= 4 is 11.8 Å². The lowest BCUT2D eigenvalue weighted by Gasteiger charge is -2.05. The highest BCUT2D eigenvalue weighted by Crippen LogP contribution is 2.19. The number of benzene rings is 1. The molecule has 66 valence electrons. The van der Waals surface area contributed by atoms with Gasteiger partial charge in [-0.2, -0.15) is 0 Å². The lowest BCUT2D eigenvalue weighted by atomic mass is 10.1. The maximum absolute atomic E-state index is 5.73. The van der Waals surface area contributed by atoms with Crippen LogP contribution in [0.15, 0.2) is 29.2 Å². The molecule has 1 unspecified atom stereocenters. The summed E-state index contributed by atoms with van der Waals surface area (Å²) in [5.74, 6) is 1.12. The maximum atomic E-state index is 5.73. The topological polar surface area (TPSA) is 26.0 Å². The first-order chi connectivity index (χ1) is 5.74. The Morgan fingerprint density at radius 1 is 1.33 bits per heavy atom. The van der Waals surface area contributed by atoms with Crippen LogP contribution in [-0.4, -0.2) is 5.75 Å². The molecule has 1 aromatic rings. The van der Waals surface area contributed by atoms with Crippen LogP contribution in [0.3, 0.4) is 0 Å². The predicted molar refractivity (Wildman–Crippen MR) is 55.4 cm³/mol. The molecule has 1 atom stereocenters. The molecule has 0 spiro atoms. The quantitative estimate of drug-likeness (QED) is 0.726. The highest BCUT2D eigenvalue weighted by molar-refractivity contribution is 7.99. The van der Waals surface area contributed by atoms with Crippen molar-refractivity contribution in [3.63, 3.8) is 0 Å². The molecular weight excluding hydrogens is 166 g/mol. The van der Waals surface area contributed by atoms with Gasteiger partial charge in [0.25, 0.3) is 0 Å². The fourth-order valence-electron chi connectivity index (χ4n) is 1.03. The largest absolute Gasteiger partial charge is 0.324 e. The zero-order chi connectivity index (χ0) is 8.97. The van der Waals surface area contributed by atoms with Crippen LogP contribution in [0.4, 0.5) is 0 Å². The first-order valence-electron chi connectivity index (χ1n) is 4.22. The number of thioether (sulfide) groups is 1. The monoisotopic (exact) mass is 181 g/mol. The predicted octanol–water partition coefficient (Wildman–Crippen LogP) is 2.82. The highest BCUT2D eigenvalue weighted by atomic mass is 32.2. The minimum atomic E-state index is 0.144. The van der Waals surface area contributed by atoms with Crippen molar-refractivity contribution in [3.05, 3.63) is 29.8 Å². The van der Waals surface area contributed by atoms with Gasteiger partial charge in [0, 0.05) is 10.9 Å². The highest BCUT2D eigenvalue weighted by Gasteiger charge is 1.97. The molecule has 12 heavy (non-hydrogen) atoms. The van der Waals surface area contributed by atoms with Gasteiger partial charge in [0.2, 0.25) is 0 Å². The molecule has 0 saturated heterocycles. The summed E-state index contributed by atoms with van der Waals surface area (Å²) < 4.78 is 0. The van der Waals surface area contributed by atoms with Gasteiger partial charge in [-0.3, -0.25) is 0 Å². The second-order valence-corrected chi connectivity index (χ2v) is 4.13. The maximum Gasteiger partial charge on any atom is 0.0266 e. The van der Waals surface area contributed by atoms with E-state index in [1.54, 1.807) is 0 Å². The molecule has 2 N–H and O–H groups in total. The number of hydrogen-bond acceptors (Lipinski definition) is 2. The van der Waals surface area contributed by atoms with E-state index in [4.69, 9.17) is 5.73 Å². The van der Waals surface area contributed by atoms with E-state index in [-0.39, 0.29) is 6.04 Å². The zero-order valence-corrected chi connectivity index (χ0v) is 8.40. The second kappa shape index (κ2) is 4.53. The third-order valence-corrected chi connectivity index (χ3v) is 2.61. The first kappa shape index (κ1) is 9.62. The van der Waals surface area contributed by atoms with Gasteiger partial charge in [0.1, 0.15) is 0 Å².